The van der Waals surface area contributed by atoms with Crippen LogP contribution >= 0.6 is 11.3 Å². The van der Waals surface area contributed by atoms with E-state index < -0.39 is 12.0 Å². The zero-order valence-electron chi connectivity index (χ0n) is 21.9. The lowest BCUT2D eigenvalue weighted by Crippen LogP contribution is -2.47. The summed E-state index contributed by atoms with van der Waals surface area (Å²) in [6, 6.07) is 16.9. The number of rotatable bonds is 10. The topological polar surface area (TPSA) is 84.9 Å². The molecule has 1 N–H and O–H groups in total. The maximum Gasteiger partial charge on any atom is 0.337 e. The lowest BCUT2D eigenvalue weighted by molar-refractivity contribution is -0.127. The van der Waals surface area contributed by atoms with Gasteiger partial charge in [-0.15, -0.1) is 11.3 Å². The largest absolute Gasteiger partial charge is 0.493 e. The zero-order valence-corrected chi connectivity index (χ0v) is 22.7. The van der Waals surface area contributed by atoms with Gasteiger partial charge >= 0.3 is 5.97 Å². The van der Waals surface area contributed by atoms with Gasteiger partial charge in [-0.05, 0) is 61.5 Å². The van der Waals surface area contributed by atoms with E-state index in [0.29, 0.717) is 29.2 Å². The quantitative estimate of drug-likeness (QED) is 0.337. The number of thiophene rings is 1. The third-order valence-corrected chi connectivity index (χ3v) is 7.59. The highest BCUT2D eigenvalue weighted by atomic mass is 32.1. The molecule has 7 nitrogen and oxygen atoms in total. The average molecular weight is 535 g/mol. The maximum absolute atomic E-state index is 14.1. The van der Waals surface area contributed by atoms with Gasteiger partial charge in [0.1, 0.15) is 11.8 Å². The number of carbonyl (C=O) groups excluding carboxylic acids is 3. The van der Waals surface area contributed by atoms with Crippen LogP contribution in [0.3, 0.4) is 0 Å². The smallest absolute Gasteiger partial charge is 0.337 e. The molecule has 3 aromatic rings. The van der Waals surface area contributed by atoms with Crippen LogP contribution in [0.15, 0.2) is 66.0 Å². The molecule has 1 fully saturated rings. The number of carbonyl (C=O) groups is 3. The Labute approximate surface area is 227 Å². The molecule has 2 aromatic carbocycles. The summed E-state index contributed by atoms with van der Waals surface area (Å²) < 4.78 is 10.8. The first-order chi connectivity index (χ1) is 18.5. The Hall–Kier alpha value is -3.65. The van der Waals surface area contributed by atoms with Crippen molar-refractivity contribution in [3.05, 3.63) is 82.0 Å². The number of nitrogens with zero attached hydrogens (tertiary/aromatic N) is 1. The van der Waals surface area contributed by atoms with Gasteiger partial charge < -0.3 is 14.8 Å². The zero-order chi connectivity index (χ0) is 26.9. The summed E-state index contributed by atoms with van der Waals surface area (Å²) in [5.41, 5.74) is 1.48. The number of ether oxygens (including phenoxy) is 2. The highest BCUT2D eigenvalue weighted by molar-refractivity contribution is 7.10. The van der Waals surface area contributed by atoms with Gasteiger partial charge in [-0.25, -0.2) is 4.79 Å². The molecule has 8 heteroatoms. The highest BCUT2D eigenvalue weighted by Gasteiger charge is 2.36. The number of methoxy groups -OCH3 is 1. The van der Waals surface area contributed by atoms with Crippen LogP contribution < -0.4 is 15.0 Å². The van der Waals surface area contributed by atoms with Crippen LogP contribution in [0.25, 0.3) is 0 Å². The van der Waals surface area contributed by atoms with E-state index in [4.69, 9.17) is 9.47 Å². The van der Waals surface area contributed by atoms with Crippen LogP contribution in [0.2, 0.25) is 0 Å². The minimum Gasteiger partial charge on any atom is -0.493 e. The van der Waals surface area contributed by atoms with E-state index in [-0.39, 0.29) is 24.3 Å². The summed E-state index contributed by atoms with van der Waals surface area (Å²) in [5, 5.41) is 5.16. The first-order valence-corrected chi connectivity index (χ1v) is 13.9. The second kappa shape index (κ2) is 13.2. The van der Waals surface area contributed by atoms with Gasteiger partial charge in [0.2, 0.25) is 11.8 Å². The van der Waals surface area contributed by atoms with Gasteiger partial charge in [-0.2, -0.15) is 0 Å². The molecule has 4 rings (SSSR count). The SMILES string of the molecule is CCOc1ccccc1C(C(=O)NC1CCCCC1)N(C(=O)Cc1cccs1)c1ccc(C(=O)OC)cc1. The molecule has 1 aliphatic carbocycles. The van der Waals surface area contributed by atoms with Crippen molar-refractivity contribution in [1.29, 1.82) is 0 Å². The Balaban J connectivity index is 1.80. The minimum atomic E-state index is -0.962. The van der Waals surface area contributed by atoms with E-state index in [0.717, 1.165) is 30.6 Å². The summed E-state index contributed by atoms with van der Waals surface area (Å²) in [7, 11) is 1.32. The first kappa shape index (κ1) is 27.4. The predicted molar refractivity (Wildman–Crippen MR) is 149 cm³/mol. The third kappa shape index (κ3) is 6.61. The Kier molecular flexibility index (Phi) is 9.54. The van der Waals surface area contributed by atoms with Gasteiger partial charge in [-0.3, -0.25) is 14.5 Å². The molecule has 1 aromatic heterocycles. The van der Waals surface area contributed by atoms with Gasteiger partial charge in [0.15, 0.2) is 0 Å². The van der Waals surface area contributed by atoms with E-state index in [1.165, 1.54) is 29.8 Å². The maximum atomic E-state index is 14.1. The Morgan fingerprint density at radius 1 is 1.00 bits per heavy atom. The van der Waals surface area contributed by atoms with E-state index >= 15 is 0 Å². The number of esters is 1. The number of hydrogen-bond acceptors (Lipinski definition) is 6. The molecule has 0 radical (unpaired) electrons. The van der Waals surface area contributed by atoms with E-state index in [1.54, 1.807) is 24.3 Å². The van der Waals surface area contributed by atoms with Crippen molar-refractivity contribution in [1.82, 2.24) is 5.32 Å². The van der Waals surface area contributed by atoms with Gasteiger partial charge in [0.25, 0.3) is 0 Å². The number of nitrogens with one attached hydrogen (secondary N) is 1. The predicted octanol–water partition coefficient (Wildman–Crippen LogP) is 5.70. The lowest BCUT2D eigenvalue weighted by Gasteiger charge is -2.34. The van der Waals surface area contributed by atoms with Crippen molar-refractivity contribution >= 4 is 34.8 Å². The highest BCUT2D eigenvalue weighted by Crippen LogP contribution is 2.35. The summed E-state index contributed by atoms with van der Waals surface area (Å²) in [6.45, 7) is 2.31. The summed E-state index contributed by atoms with van der Waals surface area (Å²) >= 11 is 1.49. The average Bonchev–Trinajstić information content (AvgIpc) is 3.45. The Morgan fingerprint density at radius 3 is 2.39 bits per heavy atom. The fourth-order valence-electron chi connectivity index (χ4n) is 4.88. The van der Waals surface area contributed by atoms with Crippen LogP contribution in [-0.4, -0.2) is 37.5 Å². The second-order valence-electron chi connectivity index (χ2n) is 9.28. The fraction of sp³-hybridized carbons (Fsp3) is 0.367. The standard InChI is InChI=1S/C30H34N2O5S/c1-3-37-26-14-8-7-13-25(26)28(29(34)31-22-10-5-4-6-11-22)32(27(33)20-24-12-9-19-38-24)23-17-15-21(16-18-23)30(35)36-2/h7-9,12-19,22,28H,3-6,10-11,20H2,1-2H3,(H,31,34). The van der Waals surface area contributed by atoms with Crippen LogP contribution in [0.4, 0.5) is 5.69 Å². The van der Waals surface area contributed by atoms with Crippen molar-refractivity contribution in [2.45, 2.75) is 57.5 Å². The molecule has 2 amide bonds. The number of amides is 2. The second-order valence-corrected chi connectivity index (χ2v) is 10.3. The first-order valence-electron chi connectivity index (χ1n) is 13.1. The fourth-order valence-corrected chi connectivity index (χ4v) is 5.57. The monoisotopic (exact) mass is 534 g/mol. The minimum absolute atomic E-state index is 0.0638. The van der Waals surface area contributed by atoms with Crippen LogP contribution in [0, 0.1) is 0 Å². The molecule has 200 valence electrons. The molecule has 0 aliphatic heterocycles. The molecule has 0 saturated heterocycles. The van der Waals surface area contributed by atoms with Crippen LogP contribution in [0.1, 0.15) is 65.9 Å². The van der Waals surface area contributed by atoms with Crippen LogP contribution in [0.5, 0.6) is 5.75 Å². The molecule has 0 spiro atoms. The van der Waals surface area contributed by atoms with Crippen molar-refractivity contribution in [2.75, 3.05) is 18.6 Å². The van der Waals surface area contributed by atoms with Gasteiger partial charge in [-0.1, -0.05) is 43.5 Å². The number of para-hydroxylation sites is 1. The summed E-state index contributed by atoms with van der Waals surface area (Å²) in [6.07, 6.45) is 5.29. The summed E-state index contributed by atoms with van der Waals surface area (Å²) in [5.74, 6) is -0.394. The van der Waals surface area contributed by atoms with Gasteiger partial charge in [0, 0.05) is 22.2 Å². The van der Waals surface area contributed by atoms with Crippen molar-refractivity contribution in [2.24, 2.45) is 0 Å². The van der Waals surface area contributed by atoms with E-state index in [9.17, 15) is 14.4 Å². The number of hydrogen-bond donors (Lipinski definition) is 1. The van der Waals surface area contributed by atoms with Crippen molar-refractivity contribution in [3.63, 3.8) is 0 Å². The molecular formula is C30H34N2O5S. The number of benzene rings is 2. The summed E-state index contributed by atoms with van der Waals surface area (Å²) in [4.78, 5) is 42.6. The van der Waals surface area contributed by atoms with Crippen molar-refractivity contribution < 1.29 is 23.9 Å². The normalized spacial score (nSPS) is 14.4. The number of anilines is 1. The molecule has 1 aliphatic rings. The Morgan fingerprint density at radius 2 is 1.74 bits per heavy atom. The lowest BCUT2D eigenvalue weighted by atomic mass is 9.94. The van der Waals surface area contributed by atoms with Crippen LogP contribution in [-0.2, 0) is 20.7 Å². The molecule has 1 unspecified atom stereocenters. The molecule has 0 bridgehead atoms. The molecule has 1 saturated carbocycles. The Bertz CT molecular complexity index is 1220. The third-order valence-electron chi connectivity index (χ3n) is 6.71. The van der Waals surface area contributed by atoms with E-state index in [1.807, 2.05) is 48.7 Å². The molecule has 1 heterocycles. The van der Waals surface area contributed by atoms with Gasteiger partial charge in [0.05, 0.1) is 25.7 Å². The van der Waals surface area contributed by atoms with Crippen molar-refractivity contribution in [3.8, 4) is 5.75 Å². The molecule has 38 heavy (non-hydrogen) atoms. The van der Waals surface area contributed by atoms with E-state index in [2.05, 4.69) is 5.32 Å². The molecular weight excluding hydrogens is 500 g/mol. The molecule has 1 atom stereocenters.